The van der Waals surface area contributed by atoms with Gasteiger partial charge in [0.2, 0.25) is 5.91 Å². The van der Waals surface area contributed by atoms with E-state index in [0.29, 0.717) is 30.0 Å². The van der Waals surface area contributed by atoms with E-state index in [0.717, 1.165) is 5.69 Å². The number of aromatic hydroxyl groups is 1. The molecule has 0 aliphatic rings. The van der Waals surface area contributed by atoms with Crippen molar-refractivity contribution < 1.29 is 19.4 Å². The molecule has 0 saturated heterocycles. The molecule has 2 N–H and O–H groups in total. The van der Waals surface area contributed by atoms with Crippen molar-refractivity contribution in [1.29, 1.82) is 0 Å². The van der Waals surface area contributed by atoms with Gasteiger partial charge in [0.1, 0.15) is 17.2 Å². The number of nitrogens with one attached hydrogen (secondary N) is 1. The Balaban J connectivity index is 1.41. The largest absolute Gasteiger partial charge is 0.508 e. The number of Topliss-reactive ketones (excluding diaryl/α,β-unsaturated/α-hetero) is 1. The molecule has 0 saturated carbocycles. The van der Waals surface area contributed by atoms with E-state index in [-0.39, 0.29) is 30.3 Å². The molecule has 3 rings (SSSR count). The molecule has 148 valence electrons. The molecular weight excluding hydrogens is 368 g/mol. The highest BCUT2D eigenvalue weighted by atomic mass is 16.5. The summed E-state index contributed by atoms with van der Waals surface area (Å²) in [6, 6.07) is 18.8. The van der Waals surface area contributed by atoms with E-state index >= 15 is 0 Å². The van der Waals surface area contributed by atoms with Gasteiger partial charge in [-0.25, -0.2) is 0 Å². The van der Waals surface area contributed by atoms with E-state index in [9.17, 15) is 14.7 Å². The van der Waals surface area contributed by atoms with E-state index in [2.05, 4.69) is 10.3 Å². The van der Waals surface area contributed by atoms with Gasteiger partial charge in [-0.1, -0.05) is 6.07 Å². The molecule has 0 radical (unpaired) electrons. The zero-order valence-corrected chi connectivity index (χ0v) is 15.9. The number of amides is 1. The number of ether oxygens (including phenoxy) is 1. The average molecular weight is 390 g/mol. The molecule has 0 bridgehead atoms. The van der Waals surface area contributed by atoms with Crippen LogP contribution in [0.4, 0.5) is 0 Å². The van der Waals surface area contributed by atoms with Crippen LogP contribution in [0, 0.1) is 0 Å². The Morgan fingerprint density at radius 2 is 1.59 bits per heavy atom. The number of phenolic OH excluding ortho intramolecular Hbond substituents is 1. The van der Waals surface area contributed by atoms with Gasteiger partial charge in [0.05, 0.1) is 0 Å². The highest BCUT2D eigenvalue weighted by Crippen LogP contribution is 2.23. The van der Waals surface area contributed by atoms with Crippen LogP contribution >= 0.6 is 0 Å². The predicted octanol–water partition coefficient (Wildman–Crippen LogP) is 3.90. The van der Waals surface area contributed by atoms with Crippen molar-refractivity contribution in [3.63, 3.8) is 0 Å². The van der Waals surface area contributed by atoms with Crippen LogP contribution in [0.5, 0.6) is 17.2 Å². The first-order chi connectivity index (χ1) is 14.1. The normalized spacial score (nSPS) is 10.3. The van der Waals surface area contributed by atoms with Crippen molar-refractivity contribution in [1.82, 2.24) is 10.3 Å². The van der Waals surface area contributed by atoms with Gasteiger partial charge < -0.3 is 15.2 Å². The van der Waals surface area contributed by atoms with Crippen LogP contribution in [0.2, 0.25) is 0 Å². The fourth-order valence-electron chi connectivity index (χ4n) is 2.69. The summed E-state index contributed by atoms with van der Waals surface area (Å²) >= 11 is 0. The van der Waals surface area contributed by atoms with E-state index < -0.39 is 0 Å². The molecule has 0 unspecified atom stereocenters. The van der Waals surface area contributed by atoms with Crippen molar-refractivity contribution in [2.24, 2.45) is 0 Å². The van der Waals surface area contributed by atoms with Gasteiger partial charge in [-0.05, 0) is 60.7 Å². The molecule has 6 heteroatoms. The number of pyridine rings is 1. The second-order valence-electron chi connectivity index (χ2n) is 6.46. The number of carbonyl (C=O) groups excluding carboxylic acids is 2. The Morgan fingerprint density at radius 3 is 2.24 bits per heavy atom. The highest BCUT2D eigenvalue weighted by molar-refractivity contribution is 5.98. The molecule has 0 spiro atoms. The first-order valence-electron chi connectivity index (χ1n) is 9.37. The summed E-state index contributed by atoms with van der Waals surface area (Å²) in [5, 5.41) is 12.1. The summed E-state index contributed by atoms with van der Waals surface area (Å²) in [7, 11) is 0. The van der Waals surface area contributed by atoms with E-state index in [1.165, 1.54) is 12.1 Å². The van der Waals surface area contributed by atoms with Crippen LogP contribution in [-0.2, 0) is 11.2 Å². The number of benzene rings is 2. The number of nitrogens with zero attached hydrogens (tertiary/aromatic N) is 1. The van der Waals surface area contributed by atoms with Gasteiger partial charge in [0.15, 0.2) is 5.78 Å². The molecule has 1 heterocycles. The number of phenols is 1. The van der Waals surface area contributed by atoms with Crippen molar-refractivity contribution in [2.75, 3.05) is 6.54 Å². The number of ketones is 1. The lowest BCUT2D eigenvalue weighted by atomic mass is 10.1. The van der Waals surface area contributed by atoms with Gasteiger partial charge in [-0.15, -0.1) is 0 Å². The SMILES string of the molecule is O=C(CCC(=O)c1ccc(Oc2ccc(O)cc2)cc1)NCCc1ccccn1. The van der Waals surface area contributed by atoms with E-state index in [1.807, 2.05) is 18.2 Å². The average Bonchev–Trinajstić information content (AvgIpc) is 2.75. The third kappa shape index (κ3) is 6.46. The molecule has 1 amide bonds. The smallest absolute Gasteiger partial charge is 0.220 e. The zero-order valence-electron chi connectivity index (χ0n) is 15.9. The number of rotatable bonds is 9. The first kappa shape index (κ1) is 20.1. The Morgan fingerprint density at radius 1 is 0.897 bits per heavy atom. The summed E-state index contributed by atoms with van der Waals surface area (Å²) in [5.41, 5.74) is 1.45. The standard InChI is InChI=1S/C23H22N2O4/c26-19-6-10-21(11-7-19)29-20-8-4-17(5-9-20)22(27)12-13-23(28)25-16-14-18-3-1-2-15-24-18/h1-11,15,26H,12-14,16H2,(H,25,28). The molecular formula is C23H22N2O4. The third-order valence-corrected chi connectivity index (χ3v) is 4.26. The van der Waals surface area contributed by atoms with Crippen molar-refractivity contribution in [2.45, 2.75) is 19.3 Å². The van der Waals surface area contributed by atoms with Crippen LogP contribution < -0.4 is 10.1 Å². The second-order valence-corrected chi connectivity index (χ2v) is 6.46. The Labute approximate surface area is 169 Å². The van der Waals surface area contributed by atoms with Gasteiger partial charge in [-0.2, -0.15) is 0 Å². The van der Waals surface area contributed by atoms with Crippen molar-refractivity contribution >= 4 is 11.7 Å². The van der Waals surface area contributed by atoms with Gasteiger partial charge in [0.25, 0.3) is 0 Å². The lowest BCUT2D eigenvalue weighted by Crippen LogP contribution is -2.26. The maximum atomic E-state index is 12.3. The summed E-state index contributed by atoms with van der Waals surface area (Å²) in [4.78, 5) is 28.4. The molecule has 0 aliphatic carbocycles. The van der Waals surface area contributed by atoms with Gasteiger partial charge in [0, 0.05) is 43.3 Å². The van der Waals surface area contributed by atoms with Crippen LogP contribution in [0.15, 0.2) is 72.9 Å². The van der Waals surface area contributed by atoms with Crippen LogP contribution in [0.25, 0.3) is 0 Å². The molecule has 1 aromatic heterocycles. The quantitative estimate of drug-likeness (QED) is 0.541. The Kier molecular flexibility index (Phi) is 6.95. The summed E-state index contributed by atoms with van der Waals surface area (Å²) < 4.78 is 5.66. The van der Waals surface area contributed by atoms with Crippen LogP contribution in [0.3, 0.4) is 0 Å². The number of carbonyl (C=O) groups is 2. The minimum Gasteiger partial charge on any atom is -0.508 e. The predicted molar refractivity (Wildman–Crippen MR) is 109 cm³/mol. The summed E-state index contributed by atoms with van der Waals surface area (Å²) in [6.45, 7) is 0.493. The van der Waals surface area contributed by atoms with Gasteiger partial charge >= 0.3 is 0 Å². The molecule has 2 aromatic carbocycles. The molecule has 3 aromatic rings. The molecule has 0 aliphatic heterocycles. The van der Waals surface area contributed by atoms with Gasteiger partial charge in [-0.3, -0.25) is 14.6 Å². The number of aromatic nitrogens is 1. The fraction of sp³-hybridized carbons (Fsp3) is 0.174. The minimum absolute atomic E-state index is 0.0962. The molecule has 6 nitrogen and oxygen atoms in total. The van der Waals surface area contributed by atoms with E-state index in [1.54, 1.807) is 42.6 Å². The fourth-order valence-corrected chi connectivity index (χ4v) is 2.69. The van der Waals surface area contributed by atoms with E-state index in [4.69, 9.17) is 4.74 Å². The molecule has 0 fully saturated rings. The highest BCUT2D eigenvalue weighted by Gasteiger charge is 2.10. The zero-order chi connectivity index (χ0) is 20.5. The third-order valence-electron chi connectivity index (χ3n) is 4.26. The monoisotopic (exact) mass is 390 g/mol. The Bertz CT molecular complexity index is 939. The summed E-state index contributed by atoms with van der Waals surface area (Å²) in [5.74, 6) is 1.09. The minimum atomic E-state index is -0.151. The maximum absolute atomic E-state index is 12.3. The Hall–Kier alpha value is -3.67. The molecule has 0 atom stereocenters. The number of hydrogen-bond donors (Lipinski definition) is 2. The number of hydrogen-bond acceptors (Lipinski definition) is 5. The molecule has 29 heavy (non-hydrogen) atoms. The lowest BCUT2D eigenvalue weighted by Gasteiger charge is -2.07. The second kappa shape index (κ2) is 10.0. The van der Waals surface area contributed by atoms with Crippen molar-refractivity contribution in [3.05, 3.63) is 84.2 Å². The summed E-state index contributed by atoms with van der Waals surface area (Å²) in [6.07, 6.45) is 2.67. The van der Waals surface area contributed by atoms with Crippen molar-refractivity contribution in [3.8, 4) is 17.2 Å². The van der Waals surface area contributed by atoms with Crippen LogP contribution in [-0.4, -0.2) is 28.3 Å². The maximum Gasteiger partial charge on any atom is 0.220 e. The lowest BCUT2D eigenvalue weighted by molar-refractivity contribution is -0.121. The van der Waals surface area contributed by atoms with Crippen LogP contribution in [0.1, 0.15) is 28.9 Å². The topological polar surface area (TPSA) is 88.5 Å². The first-order valence-corrected chi connectivity index (χ1v) is 9.37.